The summed E-state index contributed by atoms with van der Waals surface area (Å²) in [6, 6.07) is 12.3. The zero-order valence-electron chi connectivity index (χ0n) is 15.0. The van der Waals surface area contributed by atoms with Crippen LogP contribution in [0.25, 0.3) is 0 Å². The normalized spacial score (nSPS) is 16.0. The molecule has 1 fully saturated rings. The summed E-state index contributed by atoms with van der Waals surface area (Å²) < 4.78 is 14.4. The fourth-order valence-corrected chi connectivity index (χ4v) is 3.80. The molecule has 1 N–H and O–H groups in total. The number of fused-ring (bicyclic) bond motifs is 1. The first-order valence-corrected chi connectivity index (χ1v) is 9.26. The molecule has 2 aliphatic heterocycles. The monoisotopic (exact) mass is 364 g/mol. The van der Waals surface area contributed by atoms with Gasteiger partial charge >= 0.3 is 6.03 Å². The summed E-state index contributed by atoms with van der Waals surface area (Å²) in [5, 5.41) is 11.8. The van der Waals surface area contributed by atoms with Gasteiger partial charge in [-0.25, -0.2) is 9.18 Å². The van der Waals surface area contributed by atoms with Gasteiger partial charge in [0.1, 0.15) is 5.82 Å². The van der Waals surface area contributed by atoms with E-state index in [9.17, 15) is 9.18 Å². The second kappa shape index (κ2) is 7.28. The minimum absolute atomic E-state index is 0.238. The van der Waals surface area contributed by atoms with E-state index in [2.05, 4.69) is 11.4 Å². The Hall–Kier alpha value is -3.07. The molecule has 0 radical (unpaired) electrons. The number of halogens is 1. The van der Waals surface area contributed by atoms with Crippen LogP contribution in [0, 0.1) is 17.1 Å². The van der Waals surface area contributed by atoms with Crippen molar-refractivity contribution in [2.45, 2.75) is 25.8 Å². The van der Waals surface area contributed by atoms with Gasteiger partial charge in [0.05, 0.1) is 17.3 Å². The molecular weight excluding hydrogens is 343 g/mol. The number of nitriles is 1. The smallest absolute Gasteiger partial charge is 0.322 e. The van der Waals surface area contributed by atoms with Gasteiger partial charge in [-0.3, -0.25) is 0 Å². The van der Waals surface area contributed by atoms with Crippen molar-refractivity contribution < 1.29 is 9.18 Å². The van der Waals surface area contributed by atoms with Crippen molar-refractivity contribution >= 4 is 17.4 Å². The van der Waals surface area contributed by atoms with Crippen LogP contribution in [0.1, 0.15) is 29.5 Å². The lowest BCUT2D eigenvalue weighted by Crippen LogP contribution is -2.38. The van der Waals surface area contributed by atoms with E-state index >= 15 is 0 Å². The van der Waals surface area contributed by atoms with Gasteiger partial charge in [0, 0.05) is 31.9 Å². The molecule has 0 bridgehead atoms. The zero-order chi connectivity index (χ0) is 18.8. The molecule has 0 unspecified atom stereocenters. The van der Waals surface area contributed by atoms with Crippen LogP contribution in [0.4, 0.5) is 20.6 Å². The second-order valence-corrected chi connectivity index (χ2v) is 7.06. The molecule has 0 aromatic heterocycles. The Bertz CT molecular complexity index is 915. The number of rotatable bonds is 2. The quantitative estimate of drug-likeness (QED) is 0.880. The van der Waals surface area contributed by atoms with Crippen LogP contribution < -0.4 is 10.2 Å². The van der Waals surface area contributed by atoms with Crippen LogP contribution in [-0.4, -0.2) is 30.6 Å². The largest absolute Gasteiger partial charge is 0.369 e. The van der Waals surface area contributed by atoms with E-state index in [0.717, 1.165) is 37.1 Å². The van der Waals surface area contributed by atoms with Crippen molar-refractivity contribution in [3.8, 4) is 6.07 Å². The number of benzene rings is 2. The molecule has 2 amide bonds. The summed E-state index contributed by atoms with van der Waals surface area (Å²) >= 11 is 0. The minimum atomic E-state index is -0.303. The van der Waals surface area contributed by atoms with E-state index in [4.69, 9.17) is 5.26 Å². The summed E-state index contributed by atoms with van der Waals surface area (Å²) in [4.78, 5) is 16.3. The van der Waals surface area contributed by atoms with E-state index in [-0.39, 0.29) is 11.8 Å². The predicted octanol–water partition coefficient (Wildman–Crippen LogP) is 3.89. The Labute approximate surface area is 158 Å². The maximum atomic E-state index is 14.4. The van der Waals surface area contributed by atoms with Gasteiger partial charge < -0.3 is 15.1 Å². The second-order valence-electron chi connectivity index (χ2n) is 7.06. The highest BCUT2D eigenvalue weighted by molar-refractivity contribution is 5.89. The number of anilines is 2. The van der Waals surface area contributed by atoms with Crippen LogP contribution in [0.2, 0.25) is 0 Å². The van der Waals surface area contributed by atoms with Crippen molar-refractivity contribution in [2.75, 3.05) is 29.9 Å². The SMILES string of the molecule is N#Cc1ccc2c(c1)CCN(C(=O)Nc1ccc(N3CCCC3)c(F)c1)C2. The molecule has 2 heterocycles. The Morgan fingerprint density at radius 2 is 1.89 bits per heavy atom. The van der Waals surface area contributed by atoms with Crippen LogP contribution in [0.3, 0.4) is 0 Å². The molecule has 1 saturated heterocycles. The minimum Gasteiger partial charge on any atom is -0.369 e. The standard InChI is InChI=1S/C21H21FN4O/c22-19-12-18(5-6-20(19)25-8-1-2-9-25)24-21(27)26-10-7-16-11-15(13-23)3-4-17(16)14-26/h3-6,11-12H,1-2,7-10,14H2,(H,24,27). The highest BCUT2D eigenvalue weighted by Crippen LogP contribution is 2.27. The van der Waals surface area contributed by atoms with E-state index in [0.29, 0.717) is 36.4 Å². The number of carbonyl (C=O) groups is 1. The number of urea groups is 1. The molecule has 0 saturated carbocycles. The Kier molecular flexibility index (Phi) is 4.68. The third-order valence-corrected chi connectivity index (χ3v) is 5.28. The zero-order valence-corrected chi connectivity index (χ0v) is 15.0. The average Bonchev–Trinajstić information content (AvgIpc) is 3.21. The van der Waals surface area contributed by atoms with Gasteiger partial charge in [-0.15, -0.1) is 0 Å². The van der Waals surface area contributed by atoms with E-state index < -0.39 is 0 Å². The number of nitrogens with zero attached hydrogens (tertiary/aromatic N) is 3. The number of carbonyl (C=O) groups excluding carboxylic acids is 1. The third-order valence-electron chi connectivity index (χ3n) is 5.28. The molecule has 5 nitrogen and oxygen atoms in total. The molecule has 27 heavy (non-hydrogen) atoms. The molecular formula is C21H21FN4O. The molecule has 2 aromatic rings. The summed E-state index contributed by atoms with van der Waals surface area (Å²) in [6.07, 6.45) is 2.88. The van der Waals surface area contributed by atoms with E-state index in [1.54, 1.807) is 23.1 Å². The van der Waals surface area contributed by atoms with Crippen LogP contribution in [-0.2, 0) is 13.0 Å². The Morgan fingerprint density at radius 3 is 2.63 bits per heavy atom. The van der Waals surface area contributed by atoms with E-state index in [1.165, 1.54) is 6.07 Å². The van der Waals surface area contributed by atoms with Crippen molar-refractivity contribution in [1.82, 2.24) is 4.90 Å². The van der Waals surface area contributed by atoms with Crippen LogP contribution >= 0.6 is 0 Å². The van der Waals surface area contributed by atoms with Gasteiger partial charge in [-0.2, -0.15) is 5.26 Å². The number of amides is 2. The Balaban J connectivity index is 1.43. The van der Waals surface area contributed by atoms with Crippen molar-refractivity contribution in [2.24, 2.45) is 0 Å². The number of hydrogen-bond donors (Lipinski definition) is 1. The summed E-state index contributed by atoms with van der Waals surface area (Å²) in [6.45, 7) is 2.82. The third kappa shape index (κ3) is 3.59. The van der Waals surface area contributed by atoms with Gasteiger partial charge in [0.25, 0.3) is 0 Å². The number of nitrogens with one attached hydrogen (secondary N) is 1. The van der Waals surface area contributed by atoms with Crippen molar-refractivity contribution in [3.63, 3.8) is 0 Å². The molecule has 2 aromatic carbocycles. The fourth-order valence-electron chi connectivity index (χ4n) is 3.80. The molecule has 0 atom stereocenters. The lowest BCUT2D eigenvalue weighted by atomic mass is 9.98. The first-order valence-electron chi connectivity index (χ1n) is 9.26. The lowest BCUT2D eigenvalue weighted by molar-refractivity contribution is 0.206. The van der Waals surface area contributed by atoms with E-state index in [1.807, 2.05) is 17.0 Å². The molecule has 2 aliphatic rings. The molecule has 6 heteroatoms. The van der Waals surface area contributed by atoms with Gasteiger partial charge in [0.2, 0.25) is 0 Å². The van der Waals surface area contributed by atoms with Crippen molar-refractivity contribution in [3.05, 3.63) is 58.9 Å². The highest BCUT2D eigenvalue weighted by Gasteiger charge is 2.22. The van der Waals surface area contributed by atoms with Crippen molar-refractivity contribution in [1.29, 1.82) is 5.26 Å². The highest BCUT2D eigenvalue weighted by atomic mass is 19.1. The van der Waals surface area contributed by atoms with Gasteiger partial charge in [0.15, 0.2) is 0 Å². The summed E-state index contributed by atoms with van der Waals surface area (Å²) in [5.41, 5.74) is 3.86. The first kappa shape index (κ1) is 17.3. The lowest BCUT2D eigenvalue weighted by Gasteiger charge is -2.29. The average molecular weight is 364 g/mol. The predicted molar refractivity (Wildman–Crippen MR) is 102 cm³/mol. The maximum Gasteiger partial charge on any atom is 0.322 e. The first-order chi connectivity index (χ1) is 13.1. The summed E-state index contributed by atoms with van der Waals surface area (Å²) in [7, 11) is 0. The molecule has 0 spiro atoms. The van der Waals surface area contributed by atoms with Gasteiger partial charge in [-0.1, -0.05) is 6.07 Å². The molecule has 0 aliphatic carbocycles. The molecule has 138 valence electrons. The van der Waals surface area contributed by atoms with Gasteiger partial charge in [-0.05, 0) is 60.7 Å². The Morgan fingerprint density at radius 1 is 1.07 bits per heavy atom. The van der Waals surface area contributed by atoms with Crippen LogP contribution in [0.15, 0.2) is 36.4 Å². The topological polar surface area (TPSA) is 59.4 Å². The molecule has 4 rings (SSSR count). The van der Waals surface area contributed by atoms with Crippen LogP contribution in [0.5, 0.6) is 0 Å². The fraction of sp³-hybridized carbons (Fsp3) is 0.333. The maximum absolute atomic E-state index is 14.4. The summed E-state index contributed by atoms with van der Waals surface area (Å²) in [5.74, 6) is -0.303. The number of hydrogen-bond acceptors (Lipinski definition) is 3.